The molecule has 0 spiro atoms. The second-order valence-electron chi connectivity index (χ2n) is 5.45. The van der Waals surface area contributed by atoms with Crippen molar-refractivity contribution in [3.8, 4) is 16.9 Å². The number of benzene rings is 3. The lowest BCUT2D eigenvalue weighted by Crippen LogP contribution is -1.91. The summed E-state index contributed by atoms with van der Waals surface area (Å²) in [5.41, 5.74) is 2.98. The van der Waals surface area contributed by atoms with Crippen LogP contribution in [0.4, 0.5) is 4.39 Å². The van der Waals surface area contributed by atoms with Crippen LogP contribution in [0.3, 0.4) is 0 Å². The normalized spacial score (nSPS) is 10.9. The van der Waals surface area contributed by atoms with Crippen molar-refractivity contribution in [3.63, 3.8) is 0 Å². The first kappa shape index (κ1) is 14.6. The summed E-state index contributed by atoms with van der Waals surface area (Å²) in [7, 11) is 1.65. The van der Waals surface area contributed by atoms with Gasteiger partial charge in [0.1, 0.15) is 11.6 Å². The van der Waals surface area contributed by atoms with Crippen LogP contribution < -0.4 is 4.74 Å². The molecule has 0 aliphatic heterocycles. The summed E-state index contributed by atoms with van der Waals surface area (Å²) in [5, 5.41) is 1.63. The minimum absolute atomic E-state index is 0.0827. The molecule has 0 atom stereocenters. The Labute approximate surface area is 130 Å². The molecule has 2 heteroatoms. The van der Waals surface area contributed by atoms with Crippen molar-refractivity contribution < 1.29 is 9.13 Å². The molecular weight excluding hydrogens is 275 g/mol. The predicted molar refractivity (Wildman–Crippen MR) is 89.9 cm³/mol. The second kappa shape index (κ2) is 6.18. The van der Waals surface area contributed by atoms with Gasteiger partial charge in [-0.1, -0.05) is 49.7 Å². The highest BCUT2D eigenvalue weighted by Gasteiger charge is 2.08. The highest BCUT2D eigenvalue weighted by Crippen LogP contribution is 2.28. The van der Waals surface area contributed by atoms with Crippen molar-refractivity contribution >= 4 is 10.8 Å². The van der Waals surface area contributed by atoms with E-state index in [9.17, 15) is 4.39 Å². The Kier molecular flexibility index (Phi) is 4.10. The first-order valence-corrected chi connectivity index (χ1v) is 7.58. The van der Waals surface area contributed by atoms with Crippen LogP contribution in [0.5, 0.6) is 5.75 Å². The van der Waals surface area contributed by atoms with Crippen LogP contribution in [0.25, 0.3) is 21.9 Å². The Balaban J connectivity index is 2.04. The van der Waals surface area contributed by atoms with E-state index in [1.165, 1.54) is 0 Å². The molecule has 0 radical (unpaired) electrons. The first-order chi connectivity index (χ1) is 10.7. The Hall–Kier alpha value is -2.35. The van der Waals surface area contributed by atoms with E-state index in [1.54, 1.807) is 7.11 Å². The molecule has 0 saturated carbocycles. The maximum Gasteiger partial charge on any atom is 0.134 e. The third-order valence-corrected chi connectivity index (χ3v) is 3.98. The van der Waals surface area contributed by atoms with Crippen LogP contribution in [0.2, 0.25) is 0 Å². The molecule has 22 heavy (non-hydrogen) atoms. The Morgan fingerprint density at radius 3 is 2.32 bits per heavy atom. The number of halogens is 1. The van der Waals surface area contributed by atoms with E-state index in [-0.39, 0.29) is 5.82 Å². The topological polar surface area (TPSA) is 9.23 Å². The van der Waals surface area contributed by atoms with E-state index in [0.717, 1.165) is 40.7 Å². The van der Waals surface area contributed by atoms with Crippen molar-refractivity contribution in [1.29, 1.82) is 0 Å². The van der Waals surface area contributed by atoms with Gasteiger partial charge in [-0.3, -0.25) is 0 Å². The molecule has 0 aliphatic carbocycles. The van der Waals surface area contributed by atoms with Gasteiger partial charge in [0.25, 0.3) is 0 Å². The molecule has 3 aromatic rings. The third-order valence-electron chi connectivity index (χ3n) is 3.98. The molecule has 1 nitrogen and oxygen atoms in total. The SMILES string of the molecule is CCCc1ccc2cc(-c3ccc(OC)cc3)ccc2c1F. The minimum Gasteiger partial charge on any atom is -0.497 e. The van der Waals surface area contributed by atoms with Gasteiger partial charge in [-0.2, -0.15) is 0 Å². The molecule has 0 fully saturated rings. The fourth-order valence-corrected chi connectivity index (χ4v) is 2.76. The highest BCUT2D eigenvalue weighted by molar-refractivity contribution is 5.88. The fraction of sp³-hybridized carbons (Fsp3) is 0.200. The lowest BCUT2D eigenvalue weighted by atomic mass is 9.98. The maximum atomic E-state index is 14.5. The molecule has 0 aliphatic rings. The molecule has 3 rings (SSSR count). The summed E-state index contributed by atoms with van der Waals surface area (Å²) < 4.78 is 19.7. The Bertz CT molecular complexity index is 791. The quantitative estimate of drug-likeness (QED) is 0.608. The fourth-order valence-electron chi connectivity index (χ4n) is 2.76. The average Bonchev–Trinajstić information content (AvgIpc) is 2.57. The van der Waals surface area contributed by atoms with Gasteiger partial charge in [0.05, 0.1) is 7.11 Å². The zero-order valence-electron chi connectivity index (χ0n) is 12.9. The van der Waals surface area contributed by atoms with Crippen molar-refractivity contribution in [2.24, 2.45) is 0 Å². The minimum atomic E-state index is -0.0827. The van der Waals surface area contributed by atoms with Crippen molar-refractivity contribution in [2.45, 2.75) is 19.8 Å². The third kappa shape index (κ3) is 2.69. The van der Waals surface area contributed by atoms with Crippen LogP contribution in [0, 0.1) is 5.82 Å². The van der Waals surface area contributed by atoms with Crippen LogP contribution in [-0.4, -0.2) is 7.11 Å². The lowest BCUT2D eigenvalue weighted by molar-refractivity contribution is 0.415. The number of methoxy groups -OCH3 is 1. The number of fused-ring (bicyclic) bond motifs is 1. The van der Waals surface area contributed by atoms with Crippen molar-refractivity contribution in [1.82, 2.24) is 0 Å². The van der Waals surface area contributed by atoms with Gasteiger partial charge >= 0.3 is 0 Å². The number of hydrogen-bond acceptors (Lipinski definition) is 1. The zero-order valence-corrected chi connectivity index (χ0v) is 12.9. The van der Waals surface area contributed by atoms with Gasteiger partial charge < -0.3 is 4.74 Å². The number of rotatable bonds is 4. The maximum absolute atomic E-state index is 14.5. The lowest BCUT2D eigenvalue weighted by Gasteiger charge is -2.08. The Morgan fingerprint density at radius 1 is 0.909 bits per heavy atom. The predicted octanol–water partition coefficient (Wildman–Crippen LogP) is 5.61. The van der Waals surface area contributed by atoms with E-state index >= 15 is 0 Å². The van der Waals surface area contributed by atoms with Gasteiger partial charge in [-0.25, -0.2) is 4.39 Å². The number of aryl methyl sites for hydroxylation is 1. The molecule has 0 aromatic heterocycles. The summed E-state index contributed by atoms with van der Waals surface area (Å²) in [6.45, 7) is 2.07. The standard InChI is InChI=1S/C20H19FO/c1-3-4-15-5-6-17-13-16(9-12-19(17)20(15)21)14-7-10-18(22-2)11-8-14/h5-13H,3-4H2,1-2H3. The molecule has 112 valence electrons. The van der Waals surface area contributed by atoms with Crippen molar-refractivity contribution in [3.05, 3.63) is 66.0 Å². The smallest absolute Gasteiger partial charge is 0.134 e. The molecule has 0 N–H and O–H groups in total. The van der Waals surface area contributed by atoms with E-state index in [0.29, 0.717) is 5.39 Å². The highest BCUT2D eigenvalue weighted by atomic mass is 19.1. The summed E-state index contributed by atoms with van der Waals surface area (Å²) in [6.07, 6.45) is 1.73. The van der Waals surface area contributed by atoms with Crippen LogP contribution in [-0.2, 0) is 6.42 Å². The summed E-state index contributed by atoms with van der Waals surface area (Å²) in [4.78, 5) is 0. The average molecular weight is 294 g/mol. The number of hydrogen-bond donors (Lipinski definition) is 0. The van der Waals surface area contributed by atoms with Gasteiger partial charge in [0, 0.05) is 5.39 Å². The van der Waals surface area contributed by atoms with Crippen LogP contribution >= 0.6 is 0 Å². The Morgan fingerprint density at radius 2 is 1.64 bits per heavy atom. The molecular formula is C20H19FO. The van der Waals surface area contributed by atoms with Gasteiger partial charge in [-0.05, 0) is 46.7 Å². The first-order valence-electron chi connectivity index (χ1n) is 7.58. The van der Waals surface area contributed by atoms with Gasteiger partial charge in [0.2, 0.25) is 0 Å². The van der Waals surface area contributed by atoms with Crippen LogP contribution in [0.1, 0.15) is 18.9 Å². The van der Waals surface area contributed by atoms with Gasteiger partial charge in [-0.15, -0.1) is 0 Å². The van der Waals surface area contributed by atoms with E-state index < -0.39 is 0 Å². The summed E-state index contributed by atoms with van der Waals surface area (Å²) in [5.74, 6) is 0.750. The van der Waals surface area contributed by atoms with E-state index in [4.69, 9.17) is 4.74 Å². The molecule has 0 unspecified atom stereocenters. The van der Waals surface area contributed by atoms with E-state index in [1.807, 2.05) is 54.6 Å². The molecule has 0 amide bonds. The summed E-state index contributed by atoms with van der Waals surface area (Å²) in [6, 6.07) is 17.7. The second-order valence-corrected chi connectivity index (χ2v) is 5.45. The largest absolute Gasteiger partial charge is 0.497 e. The molecule has 0 bridgehead atoms. The van der Waals surface area contributed by atoms with Crippen molar-refractivity contribution in [2.75, 3.05) is 7.11 Å². The molecule has 0 heterocycles. The number of ether oxygens (including phenoxy) is 1. The van der Waals surface area contributed by atoms with E-state index in [2.05, 4.69) is 6.92 Å². The van der Waals surface area contributed by atoms with Gasteiger partial charge in [0.15, 0.2) is 0 Å². The zero-order chi connectivity index (χ0) is 15.5. The van der Waals surface area contributed by atoms with Crippen LogP contribution in [0.15, 0.2) is 54.6 Å². The summed E-state index contributed by atoms with van der Waals surface area (Å²) >= 11 is 0. The molecule has 0 saturated heterocycles. The molecule has 3 aromatic carbocycles. The monoisotopic (exact) mass is 294 g/mol.